The Kier molecular flexibility index (Phi) is 5.33. The van der Waals surface area contributed by atoms with Gasteiger partial charge < -0.3 is 10.1 Å². The standard InChI is InChI=1S/C24H18N4O2S/c29-21(17-11-5-2-6-12-17)23-25-19-14-8-7-13-18(19)20-22(30-23)26-24(28-27-20)31-15-16-9-3-1-4-10-16/h1-14,23,25H,15H2/t23-/m0/s1. The van der Waals surface area contributed by atoms with Crippen molar-refractivity contribution in [3.05, 3.63) is 96.1 Å². The third-order valence-corrected chi connectivity index (χ3v) is 5.75. The zero-order chi connectivity index (χ0) is 21.0. The van der Waals surface area contributed by atoms with Crippen LogP contribution in [-0.2, 0) is 5.75 Å². The first-order valence-corrected chi connectivity index (χ1v) is 10.8. The van der Waals surface area contributed by atoms with Gasteiger partial charge in [-0.3, -0.25) is 4.79 Å². The third-order valence-electron chi connectivity index (χ3n) is 4.84. The molecule has 0 radical (unpaired) electrons. The number of para-hydroxylation sites is 1. The Morgan fingerprint density at radius 2 is 1.61 bits per heavy atom. The molecule has 2 heterocycles. The van der Waals surface area contributed by atoms with Gasteiger partial charge >= 0.3 is 0 Å². The second kappa shape index (κ2) is 8.57. The van der Waals surface area contributed by atoms with Crippen molar-refractivity contribution in [3.63, 3.8) is 0 Å². The number of hydrogen-bond acceptors (Lipinski definition) is 7. The molecule has 0 bridgehead atoms. The molecule has 0 saturated carbocycles. The summed E-state index contributed by atoms with van der Waals surface area (Å²) in [5, 5.41) is 12.4. The number of ketones is 1. The number of hydrogen-bond donors (Lipinski definition) is 1. The van der Waals surface area contributed by atoms with E-state index in [0.29, 0.717) is 22.2 Å². The van der Waals surface area contributed by atoms with E-state index in [0.717, 1.165) is 16.8 Å². The number of benzene rings is 3. The van der Waals surface area contributed by atoms with E-state index in [1.54, 1.807) is 12.1 Å². The predicted octanol–water partition coefficient (Wildman–Crippen LogP) is 4.84. The molecular formula is C24H18N4O2S. The van der Waals surface area contributed by atoms with Crippen molar-refractivity contribution in [2.45, 2.75) is 17.1 Å². The summed E-state index contributed by atoms with van der Waals surface area (Å²) in [5.41, 5.74) is 3.77. The lowest BCUT2D eigenvalue weighted by molar-refractivity contribution is 0.0823. The zero-order valence-electron chi connectivity index (χ0n) is 16.4. The van der Waals surface area contributed by atoms with Gasteiger partial charge in [0.25, 0.3) is 0 Å². The monoisotopic (exact) mass is 426 g/mol. The average molecular weight is 427 g/mol. The first-order chi connectivity index (χ1) is 15.3. The number of carbonyl (C=O) groups is 1. The van der Waals surface area contributed by atoms with Gasteiger partial charge in [0, 0.05) is 22.6 Å². The molecule has 7 heteroatoms. The zero-order valence-corrected chi connectivity index (χ0v) is 17.3. The Morgan fingerprint density at radius 1 is 0.903 bits per heavy atom. The van der Waals surface area contributed by atoms with Gasteiger partial charge in [0.2, 0.25) is 23.0 Å². The number of aromatic nitrogens is 3. The maximum absolute atomic E-state index is 13.1. The Hall–Kier alpha value is -3.71. The SMILES string of the molecule is O=C(c1ccccc1)[C@H]1Nc2ccccc2-c2nnc(SCc3ccccc3)nc2O1. The van der Waals surface area contributed by atoms with E-state index in [2.05, 4.69) is 32.6 Å². The van der Waals surface area contributed by atoms with Crippen molar-refractivity contribution in [1.29, 1.82) is 0 Å². The fourth-order valence-corrected chi connectivity index (χ4v) is 4.04. The van der Waals surface area contributed by atoms with Crippen LogP contribution < -0.4 is 10.1 Å². The Morgan fingerprint density at radius 3 is 2.42 bits per heavy atom. The van der Waals surface area contributed by atoms with Crippen LogP contribution in [0.2, 0.25) is 0 Å². The number of carbonyl (C=O) groups excluding carboxylic acids is 1. The number of anilines is 1. The topological polar surface area (TPSA) is 77.0 Å². The van der Waals surface area contributed by atoms with Crippen molar-refractivity contribution < 1.29 is 9.53 Å². The number of thioether (sulfide) groups is 1. The van der Waals surface area contributed by atoms with Gasteiger partial charge in [0.05, 0.1) is 0 Å². The summed E-state index contributed by atoms with van der Waals surface area (Å²) in [6.07, 6.45) is -0.923. The molecule has 152 valence electrons. The van der Waals surface area contributed by atoms with E-state index < -0.39 is 6.23 Å². The lowest BCUT2D eigenvalue weighted by Crippen LogP contribution is -2.35. The number of Topliss-reactive ketones (excluding diaryl/α,β-unsaturated/α-hetero) is 1. The summed E-state index contributed by atoms with van der Waals surface area (Å²) in [6, 6.07) is 26.7. The first-order valence-electron chi connectivity index (χ1n) is 9.81. The Balaban J connectivity index is 1.48. The molecule has 5 rings (SSSR count). The maximum atomic E-state index is 13.1. The lowest BCUT2D eigenvalue weighted by Gasteiger charge is -2.17. The highest BCUT2D eigenvalue weighted by molar-refractivity contribution is 7.98. The molecule has 1 aliphatic rings. The van der Waals surface area contributed by atoms with Crippen LogP contribution in [0.3, 0.4) is 0 Å². The molecule has 6 nitrogen and oxygen atoms in total. The Bertz CT molecular complexity index is 1220. The van der Waals surface area contributed by atoms with E-state index >= 15 is 0 Å². The van der Waals surface area contributed by atoms with Crippen LogP contribution in [0.4, 0.5) is 5.69 Å². The summed E-state index contributed by atoms with van der Waals surface area (Å²) < 4.78 is 6.06. The number of fused-ring (bicyclic) bond motifs is 3. The van der Waals surface area contributed by atoms with Gasteiger partial charge in [-0.05, 0) is 11.6 Å². The summed E-state index contributed by atoms with van der Waals surface area (Å²) in [4.78, 5) is 17.7. The molecule has 0 unspecified atom stereocenters. The minimum Gasteiger partial charge on any atom is -0.444 e. The van der Waals surface area contributed by atoms with E-state index in [-0.39, 0.29) is 11.7 Å². The third kappa shape index (κ3) is 4.13. The van der Waals surface area contributed by atoms with Crippen molar-refractivity contribution in [3.8, 4) is 17.1 Å². The molecule has 1 aromatic heterocycles. The van der Waals surface area contributed by atoms with Gasteiger partial charge in [0.15, 0.2) is 5.69 Å². The minimum atomic E-state index is -0.923. The highest BCUT2D eigenvalue weighted by atomic mass is 32.2. The van der Waals surface area contributed by atoms with Gasteiger partial charge in [-0.25, -0.2) is 0 Å². The van der Waals surface area contributed by atoms with Gasteiger partial charge in [-0.2, -0.15) is 4.98 Å². The summed E-state index contributed by atoms with van der Waals surface area (Å²) in [7, 11) is 0. The number of ether oxygens (including phenoxy) is 1. The smallest absolute Gasteiger partial charge is 0.247 e. The van der Waals surface area contributed by atoms with Crippen LogP contribution in [0.15, 0.2) is 90.1 Å². The van der Waals surface area contributed by atoms with Gasteiger partial charge in [-0.1, -0.05) is 90.6 Å². The summed E-state index contributed by atoms with van der Waals surface area (Å²) in [6.45, 7) is 0. The lowest BCUT2D eigenvalue weighted by atomic mass is 10.1. The molecule has 0 amide bonds. The fourth-order valence-electron chi connectivity index (χ4n) is 3.30. The summed E-state index contributed by atoms with van der Waals surface area (Å²) >= 11 is 1.47. The van der Waals surface area contributed by atoms with E-state index in [1.165, 1.54) is 11.8 Å². The quantitative estimate of drug-likeness (QED) is 0.361. The maximum Gasteiger partial charge on any atom is 0.247 e. The van der Waals surface area contributed by atoms with E-state index in [4.69, 9.17) is 4.74 Å². The van der Waals surface area contributed by atoms with Crippen LogP contribution >= 0.6 is 11.8 Å². The number of nitrogens with zero attached hydrogens (tertiary/aromatic N) is 3. The number of rotatable bonds is 5. The second-order valence-electron chi connectivity index (χ2n) is 6.94. The normalized spacial score (nSPS) is 14.4. The fraction of sp³-hybridized carbons (Fsp3) is 0.0833. The molecule has 4 aromatic rings. The second-order valence-corrected chi connectivity index (χ2v) is 7.88. The predicted molar refractivity (Wildman–Crippen MR) is 120 cm³/mol. The molecular weight excluding hydrogens is 408 g/mol. The Labute approximate surface area is 183 Å². The van der Waals surface area contributed by atoms with Crippen LogP contribution in [0.1, 0.15) is 15.9 Å². The van der Waals surface area contributed by atoms with Crippen molar-refractivity contribution in [2.75, 3.05) is 5.32 Å². The van der Waals surface area contributed by atoms with Crippen LogP contribution in [0.5, 0.6) is 5.88 Å². The van der Waals surface area contributed by atoms with Crippen LogP contribution in [0.25, 0.3) is 11.3 Å². The first kappa shape index (κ1) is 19.3. The molecule has 1 N–H and O–H groups in total. The number of nitrogens with one attached hydrogen (secondary N) is 1. The highest BCUT2D eigenvalue weighted by Gasteiger charge is 2.30. The molecule has 0 aliphatic carbocycles. The molecule has 3 aromatic carbocycles. The van der Waals surface area contributed by atoms with Crippen molar-refractivity contribution in [2.24, 2.45) is 0 Å². The molecule has 0 spiro atoms. The largest absolute Gasteiger partial charge is 0.444 e. The summed E-state index contributed by atoms with van der Waals surface area (Å²) in [5.74, 6) is 0.820. The van der Waals surface area contributed by atoms with Gasteiger partial charge in [-0.15, -0.1) is 10.2 Å². The van der Waals surface area contributed by atoms with Crippen molar-refractivity contribution in [1.82, 2.24) is 15.2 Å². The molecule has 0 saturated heterocycles. The average Bonchev–Trinajstić information content (AvgIpc) is 3.00. The minimum absolute atomic E-state index is 0.180. The van der Waals surface area contributed by atoms with Gasteiger partial charge in [0.1, 0.15) is 0 Å². The molecule has 31 heavy (non-hydrogen) atoms. The molecule has 1 atom stereocenters. The van der Waals surface area contributed by atoms with E-state index in [9.17, 15) is 4.79 Å². The van der Waals surface area contributed by atoms with E-state index in [1.807, 2.05) is 60.7 Å². The molecule has 0 fully saturated rings. The highest BCUT2D eigenvalue weighted by Crippen LogP contribution is 2.36. The van der Waals surface area contributed by atoms with Crippen molar-refractivity contribution >= 4 is 23.2 Å². The van der Waals surface area contributed by atoms with Crippen LogP contribution in [-0.4, -0.2) is 27.2 Å². The molecule has 1 aliphatic heterocycles. The van der Waals surface area contributed by atoms with Crippen LogP contribution in [0, 0.1) is 0 Å².